The molecule has 154 valence electrons. The maximum Gasteiger partial charge on any atom is 0.289 e. The molecule has 1 aliphatic heterocycles. The van der Waals surface area contributed by atoms with E-state index in [-0.39, 0.29) is 36.7 Å². The SMILES string of the molecule is O=C(c1ccco1)N(Cc1ccccc1F)C[C@@H]1CC(c2ccc(Cl)c(Cl)c2)=NO1. The summed E-state index contributed by atoms with van der Waals surface area (Å²) in [4.78, 5) is 20.0. The van der Waals surface area contributed by atoms with E-state index in [1.807, 2.05) is 6.07 Å². The van der Waals surface area contributed by atoms with Crippen LogP contribution in [-0.4, -0.2) is 29.2 Å². The van der Waals surface area contributed by atoms with Crippen LogP contribution in [0.15, 0.2) is 70.4 Å². The fourth-order valence-electron chi connectivity index (χ4n) is 3.23. The summed E-state index contributed by atoms with van der Waals surface area (Å²) in [5.74, 6) is -0.556. The Hall–Kier alpha value is -2.83. The first kappa shape index (κ1) is 20.4. The van der Waals surface area contributed by atoms with Gasteiger partial charge in [-0.15, -0.1) is 0 Å². The number of hydrogen-bond acceptors (Lipinski definition) is 4. The van der Waals surface area contributed by atoms with E-state index < -0.39 is 0 Å². The zero-order chi connectivity index (χ0) is 21.1. The molecule has 3 aromatic rings. The van der Waals surface area contributed by atoms with Gasteiger partial charge in [0.2, 0.25) is 0 Å². The van der Waals surface area contributed by atoms with Crippen LogP contribution in [-0.2, 0) is 11.4 Å². The quantitative estimate of drug-likeness (QED) is 0.497. The Labute approximate surface area is 182 Å². The van der Waals surface area contributed by atoms with Gasteiger partial charge in [-0.3, -0.25) is 4.79 Å². The first-order valence-electron chi connectivity index (χ1n) is 9.25. The third-order valence-electron chi connectivity index (χ3n) is 4.75. The van der Waals surface area contributed by atoms with Crippen molar-refractivity contribution in [3.8, 4) is 0 Å². The Morgan fingerprint density at radius 1 is 1.13 bits per heavy atom. The molecule has 0 unspecified atom stereocenters. The topological polar surface area (TPSA) is 55.0 Å². The molecule has 0 fully saturated rings. The average Bonchev–Trinajstić information content (AvgIpc) is 3.43. The second-order valence-corrected chi connectivity index (χ2v) is 7.67. The van der Waals surface area contributed by atoms with E-state index in [2.05, 4.69) is 5.16 Å². The van der Waals surface area contributed by atoms with Gasteiger partial charge in [0.05, 0.1) is 28.6 Å². The van der Waals surface area contributed by atoms with Gasteiger partial charge < -0.3 is 14.2 Å². The number of carbonyl (C=O) groups excluding carboxylic acids is 1. The fraction of sp³-hybridized carbons (Fsp3) is 0.182. The van der Waals surface area contributed by atoms with Crippen LogP contribution in [0.3, 0.4) is 0 Å². The second-order valence-electron chi connectivity index (χ2n) is 6.85. The van der Waals surface area contributed by atoms with Gasteiger partial charge in [-0.2, -0.15) is 0 Å². The van der Waals surface area contributed by atoms with Crippen LogP contribution in [0.2, 0.25) is 10.0 Å². The number of rotatable bonds is 6. The Morgan fingerprint density at radius 2 is 1.97 bits per heavy atom. The molecule has 0 N–H and O–H groups in total. The van der Waals surface area contributed by atoms with Gasteiger partial charge in [0.25, 0.3) is 5.91 Å². The zero-order valence-electron chi connectivity index (χ0n) is 15.7. The van der Waals surface area contributed by atoms with E-state index in [0.717, 1.165) is 5.56 Å². The zero-order valence-corrected chi connectivity index (χ0v) is 17.2. The van der Waals surface area contributed by atoms with E-state index in [0.29, 0.717) is 27.7 Å². The van der Waals surface area contributed by atoms with Crippen LogP contribution in [0.5, 0.6) is 0 Å². The Balaban J connectivity index is 1.50. The maximum absolute atomic E-state index is 14.2. The molecule has 8 heteroatoms. The fourth-order valence-corrected chi connectivity index (χ4v) is 3.52. The summed E-state index contributed by atoms with van der Waals surface area (Å²) in [6, 6.07) is 14.8. The number of oxime groups is 1. The largest absolute Gasteiger partial charge is 0.459 e. The second kappa shape index (κ2) is 8.90. The lowest BCUT2D eigenvalue weighted by atomic mass is 10.0. The van der Waals surface area contributed by atoms with E-state index in [9.17, 15) is 9.18 Å². The molecule has 30 heavy (non-hydrogen) atoms. The van der Waals surface area contributed by atoms with Crippen molar-refractivity contribution in [1.29, 1.82) is 0 Å². The van der Waals surface area contributed by atoms with Gasteiger partial charge >= 0.3 is 0 Å². The minimum absolute atomic E-state index is 0.0776. The highest BCUT2D eigenvalue weighted by Crippen LogP contribution is 2.26. The van der Waals surface area contributed by atoms with Crippen molar-refractivity contribution in [2.45, 2.75) is 19.1 Å². The summed E-state index contributed by atoms with van der Waals surface area (Å²) < 4.78 is 19.4. The minimum Gasteiger partial charge on any atom is -0.459 e. The smallest absolute Gasteiger partial charge is 0.289 e. The molecule has 0 radical (unpaired) electrons. The Morgan fingerprint density at radius 3 is 2.70 bits per heavy atom. The van der Waals surface area contributed by atoms with Crippen molar-refractivity contribution in [2.75, 3.05) is 6.54 Å². The normalized spacial score (nSPS) is 15.6. The molecule has 1 amide bonds. The lowest BCUT2D eigenvalue weighted by Crippen LogP contribution is -2.37. The molecule has 4 rings (SSSR count). The van der Waals surface area contributed by atoms with Crippen molar-refractivity contribution in [1.82, 2.24) is 4.90 Å². The van der Waals surface area contributed by atoms with Crippen molar-refractivity contribution < 1.29 is 18.4 Å². The van der Waals surface area contributed by atoms with Crippen LogP contribution < -0.4 is 0 Å². The standard InChI is InChI=1S/C22H17Cl2FN2O3/c23-17-8-7-14(10-18(17)24)20-11-16(30-26-20)13-27(22(28)21-6-3-9-29-21)12-15-4-1-2-5-19(15)25/h1-10,16H,11-13H2/t16-/m0/s1. The van der Waals surface area contributed by atoms with Crippen molar-refractivity contribution in [3.63, 3.8) is 0 Å². The predicted octanol–water partition coefficient (Wildman–Crippen LogP) is 5.56. The Kier molecular flexibility index (Phi) is 6.06. The van der Waals surface area contributed by atoms with Crippen molar-refractivity contribution >= 4 is 34.8 Å². The van der Waals surface area contributed by atoms with Gasteiger partial charge in [0.1, 0.15) is 5.82 Å². The summed E-state index contributed by atoms with van der Waals surface area (Å²) in [6.07, 6.45) is 1.50. The first-order chi connectivity index (χ1) is 14.5. The first-order valence-corrected chi connectivity index (χ1v) is 10.0. The lowest BCUT2D eigenvalue weighted by molar-refractivity contribution is 0.0385. The number of furan rings is 1. The maximum atomic E-state index is 14.2. The monoisotopic (exact) mass is 446 g/mol. The number of carbonyl (C=O) groups is 1. The highest BCUT2D eigenvalue weighted by Gasteiger charge is 2.29. The van der Waals surface area contributed by atoms with Crippen LogP contribution in [0, 0.1) is 5.82 Å². The summed E-state index contributed by atoms with van der Waals surface area (Å²) >= 11 is 12.1. The predicted molar refractivity (Wildman–Crippen MR) is 112 cm³/mol. The molecular formula is C22H17Cl2FN2O3. The van der Waals surface area contributed by atoms with E-state index in [1.165, 1.54) is 17.2 Å². The molecule has 1 aromatic heterocycles. The third kappa shape index (κ3) is 4.50. The molecule has 2 heterocycles. The summed E-state index contributed by atoms with van der Waals surface area (Å²) in [7, 11) is 0. The summed E-state index contributed by atoms with van der Waals surface area (Å²) in [5.41, 5.74) is 1.90. The van der Waals surface area contributed by atoms with Crippen LogP contribution in [0.25, 0.3) is 0 Å². The number of halogens is 3. The number of hydrogen-bond donors (Lipinski definition) is 0. The number of amides is 1. The number of benzene rings is 2. The Bertz CT molecular complexity index is 1090. The average molecular weight is 447 g/mol. The summed E-state index contributed by atoms with van der Waals surface area (Å²) in [5, 5.41) is 5.02. The molecule has 0 bridgehead atoms. The van der Waals surface area contributed by atoms with Crippen molar-refractivity contribution in [2.24, 2.45) is 5.16 Å². The van der Waals surface area contributed by atoms with Gasteiger partial charge in [0.15, 0.2) is 11.9 Å². The molecule has 1 atom stereocenters. The van der Waals surface area contributed by atoms with E-state index >= 15 is 0 Å². The van der Waals surface area contributed by atoms with Gasteiger partial charge in [-0.05, 0) is 30.3 Å². The molecule has 1 aliphatic rings. The van der Waals surface area contributed by atoms with E-state index in [4.69, 9.17) is 32.5 Å². The molecule has 5 nitrogen and oxygen atoms in total. The minimum atomic E-state index is -0.389. The molecule has 2 aromatic carbocycles. The molecule has 0 saturated heterocycles. The van der Waals surface area contributed by atoms with E-state index in [1.54, 1.807) is 42.5 Å². The highest BCUT2D eigenvalue weighted by molar-refractivity contribution is 6.42. The third-order valence-corrected chi connectivity index (χ3v) is 5.49. The lowest BCUT2D eigenvalue weighted by Gasteiger charge is -2.24. The summed E-state index contributed by atoms with van der Waals surface area (Å²) in [6.45, 7) is 0.288. The van der Waals surface area contributed by atoms with Crippen LogP contribution in [0.1, 0.15) is 28.1 Å². The van der Waals surface area contributed by atoms with Gasteiger partial charge in [-0.25, -0.2) is 4.39 Å². The molecule has 0 saturated carbocycles. The molecular weight excluding hydrogens is 430 g/mol. The van der Waals surface area contributed by atoms with Crippen molar-refractivity contribution in [3.05, 3.63) is 93.6 Å². The van der Waals surface area contributed by atoms with Gasteiger partial charge in [-0.1, -0.05) is 52.6 Å². The molecule has 0 spiro atoms. The highest BCUT2D eigenvalue weighted by atomic mass is 35.5. The van der Waals surface area contributed by atoms with Crippen LogP contribution in [0.4, 0.5) is 4.39 Å². The van der Waals surface area contributed by atoms with Crippen LogP contribution >= 0.6 is 23.2 Å². The molecule has 0 aliphatic carbocycles. The van der Waals surface area contributed by atoms with Gasteiger partial charge in [0, 0.05) is 24.1 Å². The number of nitrogens with zero attached hydrogens (tertiary/aromatic N) is 2.